The van der Waals surface area contributed by atoms with E-state index in [9.17, 15) is 4.79 Å². The number of Topliss-reactive ketones (excluding diaryl/α,β-unsaturated/α-hetero) is 1. The highest BCUT2D eigenvalue weighted by Gasteiger charge is 2.14. The van der Waals surface area contributed by atoms with Gasteiger partial charge in [0.05, 0.1) is 5.03 Å². The van der Waals surface area contributed by atoms with Gasteiger partial charge in [-0.25, -0.2) is 0 Å². The molecule has 0 atom stereocenters. The van der Waals surface area contributed by atoms with E-state index in [4.69, 9.17) is 23.2 Å². The van der Waals surface area contributed by atoms with E-state index in [0.29, 0.717) is 10.6 Å². The predicted molar refractivity (Wildman–Crippen MR) is 42.0 cm³/mol. The molecule has 0 aliphatic heterocycles. The van der Waals surface area contributed by atoms with Crippen molar-refractivity contribution >= 4 is 29.0 Å². The summed E-state index contributed by atoms with van der Waals surface area (Å²) >= 11 is 11.0. The molecule has 1 nitrogen and oxygen atoms in total. The van der Waals surface area contributed by atoms with Crippen LogP contribution < -0.4 is 0 Å². The first-order valence-electron chi connectivity index (χ1n) is 2.59. The molecule has 10 heavy (non-hydrogen) atoms. The summed E-state index contributed by atoms with van der Waals surface area (Å²) in [5.74, 6) is -0.258. The second-order valence-electron chi connectivity index (χ2n) is 1.88. The molecule has 0 spiro atoms. The van der Waals surface area contributed by atoms with Crippen LogP contribution in [0, 0.1) is 0 Å². The third-order valence-corrected chi connectivity index (χ3v) is 1.58. The van der Waals surface area contributed by atoms with Crippen LogP contribution in [0.4, 0.5) is 0 Å². The number of rotatable bonds is 0. The first kappa shape index (κ1) is 7.58. The normalized spacial score (nSPS) is 18.6. The fourth-order valence-corrected chi connectivity index (χ4v) is 1.15. The quantitative estimate of drug-likeness (QED) is 0.516. The zero-order chi connectivity index (χ0) is 7.72. The third kappa shape index (κ3) is 1.31. The SMILES string of the molecule is C=C1C=C(Cl)C=C(Cl)C1=O. The minimum Gasteiger partial charge on any atom is -0.288 e. The molecule has 0 amide bonds. The summed E-state index contributed by atoms with van der Waals surface area (Å²) in [5, 5.41) is 0.562. The van der Waals surface area contributed by atoms with Gasteiger partial charge in [0, 0.05) is 10.6 Å². The molecular formula is C7H4Cl2O. The second-order valence-corrected chi connectivity index (χ2v) is 2.72. The number of carbonyl (C=O) groups is 1. The fourth-order valence-electron chi connectivity index (χ4n) is 0.614. The van der Waals surface area contributed by atoms with Gasteiger partial charge < -0.3 is 0 Å². The molecule has 0 aromatic carbocycles. The Morgan fingerprint density at radius 2 is 1.90 bits per heavy atom. The Bertz CT molecular complexity index is 258. The summed E-state index contributed by atoms with van der Waals surface area (Å²) in [4.78, 5) is 10.9. The average Bonchev–Trinajstić information content (AvgIpc) is 1.82. The largest absolute Gasteiger partial charge is 0.288 e. The summed E-state index contributed by atoms with van der Waals surface area (Å²) in [7, 11) is 0. The highest BCUT2D eigenvalue weighted by Crippen LogP contribution is 2.22. The van der Waals surface area contributed by atoms with Crippen LogP contribution in [0.25, 0.3) is 0 Å². The van der Waals surface area contributed by atoms with Gasteiger partial charge in [-0.05, 0) is 12.2 Å². The molecule has 0 saturated carbocycles. The lowest BCUT2D eigenvalue weighted by Gasteiger charge is -2.03. The molecule has 0 saturated heterocycles. The summed E-state index contributed by atoms with van der Waals surface area (Å²) in [6.07, 6.45) is 2.88. The number of carbonyl (C=O) groups excluding carboxylic acids is 1. The monoisotopic (exact) mass is 174 g/mol. The van der Waals surface area contributed by atoms with Crippen LogP contribution in [0.5, 0.6) is 0 Å². The highest BCUT2D eigenvalue weighted by molar-refractivity contribution is 6.47. The standard InChI is InChI=1S/C7H4Cl2O/c1-4-2-5(8)3-6(9)7(4)10/h2-3H,1H2. The summed E-state index contributed by atoms with van der Waals surface area (Å²) in [6.45, 7) is 3.46. The number of allylic oxidation sites excluding steroid dienone is 5. The van der Waals surface area contributed by atoms with Crippen molar-refractivity contribution in [2.24, 2.45) is 0 Å². The van der Waals surface area contributed by atoms with Crippen molar-refractivity contribution in [1.82, 2.24) is 0 Å². The third-order valence-electron chi connectivity index (χ3n) is 1.09. The molecule has 0 radical (unpaired) electrons. The number of hydrogen-bond donors (Lipinski definition) is 0. The smallest absolute Gasteiger partial charge is 0.203 e. The number of halogens is 2. The summed E-state index contributed by atoms with van der Waals surface area (Å²) < 4.78 is 0. The van der Waals surface area contributed by atoms with Crippen LogP contribution in [0.15, 0.2) is 34.4 Å². The highest BCUT2D eigenvalue weighted by atomic mass is 35.5. The van der Waals surface area contributed by atoms with E-state index in [1.165, 1.54) is 12.2 Å². The Morgan fingerprint density at radius 3 is 2.40 bits per heavy atom. The van der Waals surface area contributed by atoms with E-state index in [0.717, 1.165) is 0 Å². The summed E-state index contributed by atoms with van der Waals surface area (Å²) in [6, 6.07) is 0. The van der Waals surface area contributed by atoms with E-state index in [2.05, 4.69) is 6.58 Å². The number of ketones is 1. The van der Waals surface area contributed by atoms with Gasteiger partial charge in [0.25, 0.3) is 0 Å². The molecule has 3 heteroatoms. The Hall–Kier alpha value is -0.530. The van der Waals surface area contributed by atoms with Crippen molar-refractivity contribution in [2.75, 3.05) is 0 Å². The molecule has 1 aliphatic rings. The number of hydrogen-bond acceptors (Lipinski definition) is 1. The lowest BCUT2D eigenvalue weighted by molar-refractivity contribution is -0.111. The Labute approximate surface area is 68.6 Å². The lowest BCUT2D eigenvalue weighted by atomic mass is 10.1. The topological polar surface area (TPSA) is 17.1 Å². The van der Waals surface area contributed by atoms with Gasteiger partial charge in [0.15, 0.2) is 0 Å². The molecule has 1 rings (SSSR count). The van der Waals surface area contributed by atoms with E-state index in [1.54, 1.807) is 0 Å². The van der Waals surface area contributed by atoms with E-state index in [1.807, 2.05) is 0 Å². The maximum Gasteiger partial charge on any atom is 0.203 e. The maximum atomic E-state index is 10.9. The van der Waals surface area contributed by atoms with Crippen LogP contribution >= 0.6 is 23.2 Å². The van der Waals surface area contributed by atoms with Crippen LogP contribution in [-0.2, 0) is 4.79 Å². The van der Waals surface area contributed by atoms with Crippen LogP contribution in [0.1, 0.15) is 0 Å². The molecule has 0 unspecified atom stereocenters. The van der Waals surface area contributed by atoms with E-state index in [-0.39, 0.29) is 10.8 Å². The molecule has 0 aromatic rings. The van der Waals surface area contributed by atoms with Crippen LogP contribution in [0.2, 0.25) is 0 Å². The van der Waals surface area contributed by atoms with Gasteiger partial charge in [0.2, 0.25) is 5.78 Å². The predicted octanol–water partition coefficient (Wildman–Crippen LogP) is 2.37. The molecule has 0 bridgehead atoms. The summed E-state index contributed by atoms with van der Waals surface area (Å²) in [5.41, 5.74) is 0.331. The van der Waals surface area contributed by atoms with Gasteiger partial charge in [-0.2, -0.15) is 0 Å². The van der Waals surface area contributed by atoms with Crippen molar-refractivity contribution in [1.29, 1.82) is 0 Å². The first-order valence-corrected chi connectivity index (χ1v) is 3.35. The molecule has 0 fully saturated rings. The second kappa shape index (κ2) is 2.60. The average molecular weight is 175 g/mol. The Kier molecular flexibility index (Phi) is 1.97. The Morgan fingerprint density at radius 1 is 1.30 bits per heavy atom. The van der Waals surface area contributed by atoms with Crippen LogP contribution in [-0.4, -0.2) is 5.78 Å². The molecule has 0 aromatic heterocycles. The van der Waals surface area contributed by atoms with Crippen molar-refractivity contribution in [2.45, 2.75) is 0 Å². The van der Waals surface area contributed by atoms with Gasteiger partial charge in [-0.1, -0.05) is 29.8 Å². The zero-order valence-electron chi connectivity index (χ0n) is 5.03. The minimum absolute atomic E-state index is 0.123. The fraction of sp³-hybridized carbons (Fsp3) is 0. The van der Waals surface area contributed by atoms with Crippen molar-refractivity contribution in [3.8, 4) is 0 Å². The van der Waals surface area contributed by atoms with E-state index < -0.39 is 0 Å². The van der Waals surface area contributed by atoms with Gasteiger partial charge in [0.1, 0.15) is 0 Å². The molecule has 0 heterocycles. The van der Waals surface area contributed by atoms with Crippen LogP contribution in [0.3, 0.4) is 0 Å². The minimum atomic E-state index is -0.258. The first-order chi connectivity index (χ1) is 4.61. The van der Waals surface area contributed by atoms with Gasteiger partial charge in [-0.15, -0.1) is 0 Å². The van der Waals surface area contributed by atoms with Crippen molar-refractivity contribution in [3.63, 3.8) is 0 Å². The molecule has 0 N–H and O–H groups in total. The molecular weight excluding hydrogens is 171 g/mol. The van der Waals surface area contributed by atoms with Gasteiger partial charge >= 0.3 is 0 Å². The zero-order valence-corrected chi connectivity index (χ0v) is 6.54. The molecule has 52 valence electrons. The van der Waals surface area contributed by atoms with Gasteiger partial charge in [-0.3, -0.25) is 4.79 Å². The Balaban J connectivity index is 3.07. The van der Waals surface area contributed by atoms with E-state index >= 15 is 0 Å². The van der Waals surface area contributed by atoms with Crippen molar-refractivity contribution in [3.05, 3.63) is 34.4 Å². The molecule has 1 aliphatic carbocycles. The van der Waals surface area contributed by atoms with Crippen molar-refractivity contribution < 1.29 is 4.79 Å². The lowest BCUT2D eigenvalue weighted by Crippen LogP contribution is -2.02. The maximum absolute atomic E-state index is 10.9.